The number of carboxylic acid groups (broad SMARTS) is 1. The van der Waals surface area contributed by atoms with Crippen LogP contribution < -0.4 is 0 Å². The van der Waals surface area contributed by atoms with Gasteiger partial charge in [0.2, 0.25) is 0 Å². The summed E-state index contributed by atoms with van der Waals surface area (Å²) in [4.78, 5) is 12.1. The van der Waals surface area contributed by atoms with Crippen molar-refractivity contribution in [2.75, 3.05) is 0 Å². The first-order valence-electron chi connectivity index (χ1n) is 2.52. The van der Waals surface area contributed by atoms with Crippen molar-refractivity contribution in [3.63, 3.8) is 0 Å². The molecule has 0 aliphatic carbocycles. The van der Waals surface area contributed by atoms with E-state index in [1.54, 1.807) is 11.8 Å². The summed E-state index contributed by atoms with van der Waals surface area (Å²) in [6.45, 7) is 0. The van der Waals surface area contributed by atoms with Crippen LogP contribution in [0.15, 0.2) is 11.8 Å². The fourth-order valence-electron chi connectivity index (χ4n) is 0.526. The van der Waals surface area contributed by atoms with Crippen LogP contribution in [0.2, 0.25) is 0 Å². The van der Waals surface area contributed by atoms with Crippen molar-refractivity contribution in [1.82, 2.24) is 0 Å². The number of hydrogen-bond acceptors (Lipinski definition) is 2. The first kappa shape index (κ1) is 6.75. The third-order valence-electron chi connectivity index (χ3n) is 0.944. The van der Waals surface area contributed by atoms with Gasteiger partial charge in [-0.25, -0.2) is 0 Å². The molecule has 0 radical (unpaired) electrons. The fourth-order valence-corrected chi connectivity index (χ4v) is 3.37. The molecular weight excluding hydrogens is 151 g/mol. The summed E-state index contributed by atoms with van der Waals surface area (Å²) < 4.78 is 5.02. The van der Waals surface area contributed by atoms with Crippen LogP contribution in [-0.4, -0.2) is 39.7 Å². The van der Waals surface area contributed by atoms with Crippen molar-refractivity contribution in [3.8, 4) is 0 Å². The van der Waals surface area contributed by atoms with Crippen LogP contribution in [0.1, 0.15) is 0 Å². The van der Waals surface area contributed by atoms with E-state index in [1.807, 2.05) is 4.88 Å². The Kier molecular flexibility index (Phi) is 2.22. The van der Waals surface area contributed by atoms with Gasteiger partial charge in [-0.2, -0.15) is 0 Å². The zero-order valence-corrected chi connectivity index (χ0v) is 6.96. The molecule has 0 saturated carbocycles. The molecular formula is C4H5AlO3Si. The van der Waals surface area contributed by atoms with Gasteiger partial charge >= 0.3 is 59.8 Å². The molecule has 1 heterocycles. The molecule has 1 N–H and O–H groups in total. The van der Waals surface area contributed by atoms with Gasteiger partial charge in [-0.05, 0) is 0 Å². The number of hydrogen-bond donors (Lipinski definition) is 1. The second kappa shape index (κ2) is 2.97. The van der Waals surface area contributed by atoms with E-state index in [0.29, 0.717) is 0 Å². The molecule has 9 heavy (non-hydrogen) atoms. The Morgan fingerprint density at radius 3 is 2.89 bits per heavy atom. The van der Waals surface area contributed by atoms with Crippen LogP contribution in [0.4, 0.5) is 4.79 Å². The zero-order valence-electron chi connectivity index (χ0n) is 4.65. The molecule has 1 unspecified atom stereocenters. The molecule has 1 aliphatic heterocycles. The van der Waals surface area contributed by atoms with Gasteiger partial charge in [0.05, 0.1) is 0 Å². The maximum absolute atomic E-state index is 10.2. The van der Waals surface area contributed by atoms with Gasteiger partial charge in [0.1, 0.15) is 0 Å². The Bertz CT molecular complexity index is 177. The summed E-state index contributed by atoms with van der Waals surface area (Å²) in [5.74, 6) is 0. The molecule has 0 amide bonds. The summed E-state index contributed by atoms with van der Waals surface area (Å²) in [7, 11) is -1.96. The van der Waals surface area contributed by atoms with E-state index in [2.05, 4.69) is 0 Å². The molecule has 0 spiro atoms. The van der Waals surface area contributed by atoms with Crippen LogP contribution in [-0.2, 0) is 3.48 Å². The fraction of sp³-hybridized carbons (Fsp3) is 0. The average molecular weight is 156 g/mol. The Morgan fingerprint density at radius 2 is 2.56 bits per heavy atom. The summed E-state index contributed by atoms with van der Waals surface area (Å²) in [6, 6.07) is 0. The second-order valence-electron chi connectivity index (χ2n) is 1.61. The predicted molar refractivity (Wildman–Crippen MR) is 37.2 cm³/mol. The van der Waals surface area contributed by atoms with Gasteiger partial charge < -0.3 is 0 Å². The van der Waals surface area contributed by atoms with Gasteiger partial charge in [-0.1, -0.05) is 0 Å². The topological polar surface area (TPSA) is 46.5 Å². The van der Waals surface area contributed by atoms with Gasteiger partial charge in [-0.3, -0.25) is 0 Å². The van der Waals surface area contributed by atoms with E-state index in [9.17, 15) is 4.79 Å². The number of allylic oxidation sites excluding steroid dienone is 1. The molecule has 0 saturated heterocycles. The van der Waals surface area contributed by atoms with Crippen LogP contribution in [0, 0.1) is 0 Å². The minimum atomic E-state index is -1.96. The Hall–Kier alpha value is -0.371. The van der Waals surface area contributed by atoms with Crippen molar-refractivity contribution in [2.45, 2.75) is 0 Å². The molecule has 1 aliphatic rings. The van der Waals surface area contributed by atoms with E-state index >= 15 is 0 Å². The van der Waals surface area contributed by atoms with E-state index in [4.69, 9.17) is 8.58 Å². The van der Waals surface area contributed by atoms with Crippen molar-refractivity contribution < 1.29 is 13.4 Å². The van der Waals surface area contributed by atoms with E-state index in [1.165, 1.54) is 0 Å². The monoisotopic (exact) mass is 156 g/mol. The van der Waals surface area contributed by atoms with Gasteiger partial charge in [-0.15, -0.1) is 0 Å². The zero-order chi connectivity index (χ0) is 6.69. The molecule has 3 nitrogen and oxygen atoms in total. The van der Waals surface area contributed by atoms with Crippen molar-refractivity contribution in [2.24, 2.45) is 0 Å². The normalized spacial score (nSPS) is 22.4. The molecule has 46 valence electrons. The van der Waals surface area contributed by atoms with Crippen molar-refractivity contribution in [1.29, 1.82) is 0 Å². The number of rotatable bonds is 1. The van der Waals surface area contributed by atoms with Crippen LogP contribution in [0.5, 0.6) is 0 Å². The summed E-state index contributed by atoms with van der Waals surface area (Å²) in [5.41, 5.74) is 0.894. The van der Waals surface area contributed by atoms with E-state index < -0.39 is 14.6 Å². The molecule has 1 rings (SSSR count). The molecule has 0 bridgehead atoms. The Morgan fingerprint density at radius 1 is 1.78 bits per heavy atom. The molecule has 0 aromatic rings. The van der Waals surface area contributed by atoms with E-state index in [0.717, 1.165) is 0 Å². The molecule has 1 atom stereocenters. The summed E-state index contributed by atoms with van der Waals surface area (Å²) in [5, 5.41) is 8.42. The van der Waals surface area contributed by atoms with Gasteiger partial charge in [0, 0.05) is 0 Å². The van der Waals surface area contributed by atoms with Crippen LogP contribution >= 0.6 is 0 Å². The first-order valence-corrected chi connectivity index (χ1v) is 5.37. The quantitative estimate of drug-likeness (QED) is 0.521. The summed E-state index contributed by atoms with van der Waals surface area (Å²) >= 11 is -0.184. The molecule has 0 fully saturated rings. The third kappa shape index (κ3) is 1.79. The SMILES string of the molecule is O=C(O)[SiH]1C=C[CH]=[Al][O]1. The number of carbonyl (C=O) groups is 1. The second-order valence-corrected chi connectivity index (χ2v) is 5.07. The minimum absolute atomic E-state index is 0.184. The van der Waals surface area contributed by atoms with Gasteiger partial charge in [0.15, 0.2) is 0 Å². The first-order chi connectivity index (χ1) is 4.30. The van der Waals surface area contributed by atoms with Crippen molar-refractivity contribution in [3.05, 3.63) is 11.8 Å². The molecule has 0 aromatic carbocycles. The van der Waals surface area contributed by atoms with Crippen molar-refractivity contribution >= 4 is 34.6 Å². The average Bonchev–Trinajstić information content (AvgIpc) is 1.90. The van der Waals surface area contributed by atoms with Crippen LogP contribution in [0.25, 0.3) is 0 Å². The maximum atomic E-state index is 10.2. The Labute approximate surface area is 60.3 Å². The standard InChI is InChI=1S/C4H5O3Si.Al/c1-2-3-8(7)4(5)6;/h1-3,8H,(H,5,6);/q-1;+1. The summed E-state index contributed by atoms with van der Waals surface area (Å²) in [6.07, 6.45) is 1.80. The van der Waals surface area contributed by atoms with Crippen LogP contribution in [0.3, 0.4) is 0 Å². The molecule has 5 heteroatoms. The van der Waals surface area contributed by atoms with E-state index in [-0.39, 0.29) is 15.1 Å². The molecule has 0 aromatic heterocycles. The third-order valence-corrected chi connectivity index (χ3v) is 4.18. The Balaban J connectivity index is 2.56. The van der Waals surface area contributed by atoms with Gasteiger partial charge in [0.25, 0.3) is 0 Å². The predicted octanol–water partition coefficient (Wildman–Crippen LogP) is -0.483.